The molecule has 41 heavy (non-hydrogen) atoms. The van der Waals surface area contributed by atoms with Crippen LogP contribution in [0.15, 0.2) is 42.7 Å². The Bertz CT molecular complexity index is 1560. The molecule has 3 amide bonds. The molecule has 3 aromatic rings. The number of likely N-dealkylation sites (tertiary alicyclic amines) is 1. The topological polar surface area (TPSA) is 87.5 Å². The lowest BCUT2D eigenvalue weighted by Crippen LogP contribution is -2.53. The Morgan fingerprint density at radius 3 is 2.56 bits per heavy atom. The van der Waals surface area contributed by atoms with Crippen LogP contribution in [0.1, 0.15) is 91.7 Å². The van der Waals surface area contributed by atoms with Gasteiger partial charge >= 0.3 is 0 Å². The Kier molecular flexibility index (Phi) is 5.85. The number of amides is 3. The molecule has 0 bridgehead atoms. The average molecular weight is 552 g/mol. The highest BCUT2D eigenvalue weighted by Crippen LogP contribution is 2.54. The number of benzene rings is 2. The second kappa shape index (κ2) is 9.51. The van der Waals surface area contributed by atoms with E-state index in [9.17, 15) is 14.4 Å². The number of rotatable bonds is 5. The molecule has 2 aliphatic carbocycles. The molecular weight excluding hydrogens is 514 g/mol. The maximum absolute atomic E-state index is 13.5. The van der Waals surface area contributed by atoms with Gasteiger partial charge in [-0.05, 0) is 85.4 Å². The lowest BCUT2D eigenvalue weighted by Gasteiger charge is -2.41. The van der Waals surface area contributed by atoms with Gasteiger partial charge in [-0.2, -0.15) is 5.10 Å². The number of piperidine rings is 2. The fourth-order valence-corrected chi connectivity index (χ4v) is 8.48. The van der Waals surface area contributed by atoms with Crippen molar-refractivity contribution < 1.29 is 14.4 Å². The minimum absolute atomic E-state index is 0.170. The molecule has 8 rings (SSSR count). The van der Waals surface area contributed by atoms with E-state index in [0.717, 1.165) is 47.3 Å². The fourth-order valence-electron chi connectivity index (χ4n) is 8.48. The van der Waals surface area contributed by atoms with Gasteiger partial charge < -0.3 is 4.90 Å². The fraction of sp³-hybridized carbons (Fsp3) is 0.515. The number of carbonyl (C=O) groups excluding carboxylic acids is 3. The molecule has 2 aromatic carbocycles. The van der Waals surface area contributed by atoms with Gasteiger partial charge in [-0.25, -0.2) is 0 Å². The van der Waals surface area contributed by atoms with E-state index in [1.54, 1.807) is 4.90 Å². The SMILES string of the molecule is O=C1CCC(N2C(=O)c3cccc4c(Cc5cnn(C6CCN([C@@H]7CCC8(CCC8)C7)CC6)c5)ccc2c34)C(=O)N1. The number of nitrogens with one attached hydrogen (secondary N) is 1. The summed E-state index contributed by atoms with van der Waals surface area (Å²) in [6.45, 7) is 2.35. The zero-order valence-electron chi connectivity index (χ0n) is 23.5. The number of imide groups is 1. The highest BCUT2D eigenvalue weighted by atomic mass is 16.2. The lowest BCUT2D eigenvalue weighted by atomic mass is 9.67. The number of aromatic nitrogens is 2. The number of hydrogen-bond donors (Lipinski definition) is 1. The largest absolute Gasteiger partial charge is 0.300 e. The molecule has 212 valence electrons. The van der Waals surface area contributed by atoms with Crippen molar-refractivity contribution in [3.63, 3.8) is 0 Å². The van der Waals surface area contributed by atoms with Crippen LogP contribution < -0.4 is 10.2 Å². The van der Waals surface area contributed by atoms with Crippen LogP contribution in [0.4, 0.5) is 5.69 Å². The van der Waals surface area contributed by atoms with Crippen LogP contribution in [0.5, 0.6) is 0 Å². The predicted octanol–water partition coefficient (Wildman–Crippen LogP) is 4.75. The summed E-state index contributed by atoms with van der Waals surface area (Å²) in [6, 6.07) is 10.4. The summed E-state index contributed by atoms with van der Waals surface area (Å²) in [5, 5.41) is 9.13. The standard InChI is InChI=1S/C33H37N5O3/c39-29-8-7-28(31(40)35-29)38-27-6-5-22(25-3-1-4-26(30(25)27)32(38)41)17-21-19-34-37(20-21)23-10-15-36(16-11-23)24-9-14-33(18-24)12-2-13-33/h1,3-6,19-20,23-24,28H,2,7-18H2,(H,35,39,40)/t24-,28?/m1/s1. The van der Waals surface area contributed by atoms with E-state index >= 15 is 0 Å². The van der Waals surface area contributed by atoms with Crippen LogP contribution in [0.3, 0.4) is 0 Å². The van der Waals surface area contributed by atoms with Crippen LogP contribution in [0, 0.1) is 5.41 Å². The monoisotopic (exact) mass is 551 g/mol. The molecular formula is C33H37N5O3. The highest BCUT2D eigenvalue weighted by Gasteiger charge is 2.45. The van der Waals surface area contributed by atoms with Crippen molar-refractivity contribution in [2.75, 3.05) is 18.0 Å². The van der Waals surface area contributed by atoms with E-state index < -0.39 is 11.9 Å². The Labute approximate surface area is 240 Å². The van der Waals surface area contributed by atoms with Crippen LogP contribution in [-0.2, 0) is 16.0 Å². The summed E-state index contributed by atoms with van der Waals surface area (Å²) >= 11 is 0. The highest BCUT2D eigenvalue weighted by molar-refractivity contribution is 6.27. The van der Waals surface area contributed by atoms with Gasteiger partial charge in [0.15, 0.2) is 0 Å². The summed E-state index contributed by atoms with van der Waals surface area (Å²) in [7, 11) is 0. The quantitative estimate of drug-likeness (QED) is 0.463. The van der Waals surface area contributed by atoms with Gasteiger partial charge in [-0.15, -0.1) is 0 Å². The summed E-state index contributed by atoms with van der Waals surface area (Å²) in [5.41, 5.74) is 4.40. The molecule has 4 fully saturated rings. The van der Waals surface area contributed by atoms with E-state index in [1.165, 1.54) is 57.2 Å². The Morgan fingerprint density at radius 2 is 1.80 bits per heavy atom. The normalized spacial score (nSPS) is 26.2. The summed E-state index contributed by atoms with van der Waals surface area (Å²) < 4.78 is 2.18. The van der Waals surface area contributed by atoms with Crippen LogP contribution in [0.2, 0.25) is 0 Å². The predicted molar refractivity (Wildman–Crippen MR) is 156 cm³/mol. The first-order valence-corrected chi connectivity index (χ1v) is 15.5. The molecule has 2 saturated carbocycles. The van der Waals surface area contributed by atoms with Gasteiger partial charge in [-0.1, -0.05) is 24.6 Å². The van der Waals surface area contributed by atoms with Gasteiger partial charge in [0.1, 0.15) is 6.04 Å². The van der Waals surface area contributed by atoms with Crippen molar-refractivity contribution in [2.45, 2.75) is 88.8 Å². The Hall–Kier alpha value is -3.52. The molecule has 1 aromatic heterocycles. The Morgan fingerprint density at radius 1 is 0.951 bits per heavy atom. The van der Waals surface area contributed by atoms with Gasteiger partial charge in [0, 0.05) is 49.1 Å². The number of nitrogens with zero attached hydrogens (tertiary/aromatic N) is 4. The molecule has 0 radical (unpaired) electrons. The molecule has 8 nitrogen and oxygen atoms in total. The molecule has 1 spiro atoms. The smallest absolute Gasteiger partial charge is 0.259 e. The van der Waals surface area contributed by atoms with E-state index in [1.807, 2.05) is 24.4 Å². The lowest BCUT2D eigenvalue weighted by molar-refractivity contribution is -0.134. The zero-order valence-corrected chi connectivity index (χ0v) is 23.5. The van der Waals surface area contributed by atoms with Crippen molar-refractivity contribution in [3.8, 4) is 0 Å². The van der Waals surface area contributed by atoms with E-state index in [0.29, 0.717) is 23.4 Å². The molecule has 2 saturated heterocycles. The van der Waals surface area contributed by atoms with E-state index in [-0.39, 0.29) is 18.2 Å². The van der Waals surface area contributed by atoms with E-state index in [2.05, 4.69) is 33.2 Å². The van der Waals surface area contributed by atoms with Crippen molar-refractivity contribution in [1.82, 2.24) is 20.0 Å². The average Bonchev–Trinajstić information content (AvgIpc) is 3.69. The third kappa shape index (κ3) is 4.13. The summed E-state index contributed by atoms with van der Waals surface area (Å²) in [6.07, 6.45) is 16.5. The maximum Gasteiger partial charge on any atom is 0.259 e. The number of anilines is 1. The number of carbonyl (C=O) groups is 3. The molecule has 2 atom stereocenters. The molecule has 1 N–H and O–H groups in total. The van der Waals surface area contributed by atoms with Crippen molar-refractivity contribution in [2.24, 2.45) is 5.41 Å². The van der Waals surface area contributed by atoms with Gasteiger partial charge in [0.25, 0.3) is 5.91 Å². The van der Waals surface area contributed by atoms with E-state index in [4.69, 9.17) is 5.10 Å². The number of hydrogen-bond acceptors (Lipinski definition) is 5. The van der Waals surface area contributed by atoms with Gasteiger partial charge in [-0.3, -0.25) is 29.3 Å². The third-order valence-electron chi connectivity index (χ3n) is 10.9. The molecule has 1 unspecified atom stereocenters. The van der Waals surface area contributed by atoms with Crippen molar-refractivity contribution in [1.29, 1.82) is 0 Å². The van der Waals surface area contributed by atoms with Crippen LogP contribution >= 0.6 is 0 Å². The first-order chi connectivity index (χ1) is 20.0. The molecule has 4 heterocycles. The Balaban J connectivity index is 0.981. The summed E-state index contributed by atoms with van der Waals surface area (Å²) in [4.78, 5) is 42.1. The van der Waals surface area contributed by atoms with Gasteiger partial charge in [0.2, 0.25) is 11.8 Å². The first kappa shape index (κ1) is 25.2. The first-order valence-electron chi connectivity index (χ1n) is 15.5. The molecule has 8 heteroatoms. The van der Waals surface area contributed by atoms with Crippen molar-refractivity contribution >= 4 is 34.2 Å². The van der Waals surface area contributed by atoms with Crippen molar-refractivity contribution in [3.05, 3.63) is 59.4 Å². The molecule has 5 aliphatic rings. The van der Waals surface area contributed by atoms with Crippen LogP contribution in [-0.4, -0.2) is 57.6 Å². The third-order valence-corrected chi connectivity index (χ3v) is 10.9. The second-order valence-corrected chi connectivity index (χ2v) is 13.1. The maximum atomic E-state index is 13.5. The minimum Gasteiger partial charge on any atom is -0.300 e. The summed E-state index contributed by atoms with van der Waals surface area (Å²) in [5.74, 6) is -0.849. The molecule has 3 aliphatic heterocycles. The second-order valence-electron chi connectivity index (χ2n) is 13.1. The minimum atomic E-state index is -0.667. The van der Waals surface area contributed by atoms with Crippen LogP contribution in [0.25, 0.3) is 10.8 Å². The zero-order chi connectivity index (χ0) is 27.7. The van der Waals surface area contributed by atoms with Gasteiger partial charge in [0.05, 0.1) is 17.9 Å².